The number of nitrogens with one attached hydrogen (secondary N) is 1. The number of Topliss-reactive ketones (excluding diaryl/α,β-unsaturated/α-hetero) is 1. The summed E-state index contributed by atoms with van der Waals surface area (Å²) in [5.41, 5.74) is 1.93. The first kappa shape index (κ1) is 19.9. The van der Waals surface area contributed by atoms with E-state index in [4.69, 9.17) is 4.74 Å². The lowest BCUT2D eigenvalue weighted by molar-refractivity contribution is -0.133. The Bertz CT molecular complexity index is 631. The molecule has 1 unspecified atom stereocenters. The Balaban J connectivity index is 3.23. The van der Waals surface area contributed by atoms with Gasteiger partial charge in [0.15, 0.2) is 5.78 Å². The van der Waals surface area contributed by atoms with Crippen molar-refractivity contribution in [2.75, 3.05) is 6.61 Å². The quantitative estimate of drug-likeness (QED) is 0.613. The third-order valence-electron chi connectivity index (χ3n) is 4.11. The van der Waals surface area contributed by atoms with Gasteiger partial charge in [0.1, 0.15) is 5.69 Å². The van der Waals surface area contributed by atoms with Gasteiger partial charge in [0.25, 0.3) is 0 Å². The Morgan fingerprint density at radius 2 is 1.71 bits per heavy atom. The molecule has 0 bridgehead atoms. The minimum absolute atomic E-state index is 0.0673. The molecule has 0 radical (unpaired) electrons. The van der Waals surface area contributed by atoms with Crippen LogP contribution in [0.4, 0.5) is 0 Å². The first-order valence-corrected chi connectivity index (χ1v) is 8.38. The number of carbonyl (C=O) groups excluding carboxylic acids is 3. The number of aromatic nitrogens is 1. The molecule has 0 aliphatic rings. The Hall–Kier alpha value is -2.11. The van der Waals surface area contributed by atoms with Crippen molar-refractivity contribution in [2.24, 2.45) is 0 Å². The lowest BCUT2D eigenvalue weighted by Crippen LogP contribution is -2.47. The monoisotopic (exact) mass is 336 g/mol. The molecule has 1 N–H and O–H groups in total. The average molecular weight is 336 g/mol. The normalized spacial score (nSPS) is 12.2. The summed E-state index contributed by atoms with van der Waals surface area (Å²) < 4.78 is 5.01. The lowest BCUT2D eigenvalue weighted by atomic mass is 9.99. The molecule has 6 nitrogen and oxygen atoms in total. The molecule has 0 spiro atoms. The lowest BCUT2D eigenvalue weighted by Gasteiger charge is -2.32. The zero-order valence-electron chi connectivity index (χ0n) is 15.6. The van der Waals surface area contributed by atoms with Crippen molar-refractivity contribution in [2.45, 2.75) is 67.0 Å². The van der Waals surface area contributed by atoms with Crippen LogP contribution in [0.25, 0.3) is 0 Å². The maximum absolute atomic E-state index is 13.0. The van der Waals surface area contributed by atoms with Crippen LogP contribution in [0, 0.1) is 13.8 Å². The van der Waals surface area contributed by atoms with E-state index in [2.05, 4.69) is 4.98 Å². The van der Waals surface area contributed by atoms with Gasteiger partial charge in [0, 0.05) is 23.7 Å². The highest BCUT2D eigenvalue weighted by Crippen LogP contribution is 2.23. The molecule has 1 atom stereocenters. The SMILES string of the molecule is CCOC(=O)c1[nH]c(C)c(C(=O)C(C)N(C(=O)CC)C(C)C)c1C. The van der Waals surface area contributed by atoms with Gasteiger partial charge in [-0.25, -0.2) is 4.79 Å². The second kappa shape index (κ2) is 8.13. The van der Waals surface area contributed by atoms with E-state index in [1.54, 1.807) is 39.5 Å². The van der Waals surface area contributed by atoms with Crippen LogP contribution in [0.2, 0.25) is 0 Å². The van der Waals surface area contributed by atoms with Crippen molar-refractivity contribution in [3.05, 3.63) is 22.5 Å². The van der Waals surface area contributed by atoms with Crippen molar-refractivity contribution in [3.8, 4) is 0 Å². The highest BCUT2D eigenvalue weighted by atomic mass is 16.5. The van der Waals surface area contributed by atoms with E-state index in [0.717, 1.165) is 0 Å². The molecule has 1 heterocycles. The Morgan fingerprint density at radius 3 is 2.17 bits per heavy atom. The Labute approximate surface area is 143 Å². The van der Waals surface area contributed by atoms with Crippen molar-refractivity contribution in [1.29, 1.82) is 0 Å². The number of aryl methyl sites for hydroxylation is 1. The third-order valence-corrected chi connectivity index (χ3v) is 4.11. The van der Waals surface area contributed by atoms with Crippen LogP contribution in [-0.4, -0.2) is 46.2 Å². The van der Waals surface area contributed by atoms with Gasteiger partial charge < -0.3 is 14.6 Å². The zero-order valence-corrected chi connectivity index (χ0v) is 15.6. The smallest absolute Gasteiger partial charge is 0.355 e. The molecule has 134 valence electrons. The molecule has 0 aliphatic carbocycles. The predicted octanol–water partition coefficient (Wildman–Crippen LogP) is 3.03. The maximum Gasteiger partial charge on any atom is 0.355 e. The molecule has 6 heteroatoms. The number of ketones is 1. The number of amides is 1. The van der Waals surface area contributed by atoms with E-state index in [1.807, 2.05) is 13.8 Å². The predicted molar refractivity (Wildman–Crippen MR) is 92.3 cm³/mol. The molecular weight excluding hydrogens is 308 g/mol. The second-order valence-electron chi connectivity index (χ2n) is 6.13. The Morgan fingerprint density at radius 1 is 1.12 bits per heavy atom. The van der Waals surface area contributed by atoms with E-state index in [-0.39, 0.29) is 24.3 Å². The number of hydrogen-bond donors (Lipinski definition) is 1. The van der Waals surface area contributed by atoms with Crippen LogP contribution < -0.4 is 0 Å². The number of esters is 1. The fourth-order valence-electron chi connectivity index (χ4n) is 3.00. The molecule has 0 saturated heterocycles. The number of aromatic amines is 1. The van der Waals surface area contributed by atoms with Gasteiger partial charge in [-0.3, -0.25) is 9.59 Å². The topological polar surface area (TPSA) is 79.5 Å². The zero-order chi connectivity index (χ0) is 18.6. The first-order chi connectivity index (χ1) is 11.2. The first-order valence-electron chi connectivity index (χ1n) is 8.38. The van der Waals surface area contributed by atoms with E-state index >= 15 is 0 Å². The van der Waals surface area contributed by atoms with E-state index in [1.165, 1.54) is 0 Å². The summed E-state index contributed by atoms with van der Waals surface area (Å²) in [5, 5.41) is 0. The van der Waals surface area contributed by atoms with Gasteiger partial charge >= 0.3 is 5.97 Å². The van der Waals surface area contributed by atoms with E-state index in [0.29, 0.717) is 28.9 Å². The second-order valence-corrected chi connectivity index (χ2v) is 6.13. The number of nitrogens with zero attached hydrogens (tertiary/aromatic N) is 1. The number of hydrogen-bond acceptors (Lipinski definition) is 4. The van der Waals surface area contributed by atoms with Crippen molar-refractivity contribution in [1.82, 2.24) is 9.88 Å². The minimum atomic E-state index is -0.597. The molecule has 0 aromatic carbocycles. The van der Waals surface area contributed by atoms with Crippen LogP contribution >= 0.6 is 0 Å². The van der Waals surface area contributed by atoms with Gasteiger partial charge in [-0.15, -0.1) is 0 Å². The minimum Gasteiger partial charge on any atom is -0.461 e. The summed E-state index contributed by atoms with van der Waals surface area (Å²) >= 11 is 0. The highest BCUT2D eigenvalue weighted by molar-refractivity contribution is 6.06. The molecule has 1 aromatic rings. The Kier molecular flexibility index (Phi) is 6.75. The average Bonchev–Trinajstić information content (AvgIpc) is 2.81. The van der Waals surface area contributed by atoms with Gasteiger partial charge in [0.05, 0.1) is 12.6 Å². The number of H-pyrrole nitrogens is 1. The van der Waals surface area contributed by atoms with Crippen molar-refractivity contribution in [3.63, 3.8) is 0 Å². The van der Waals surface area contributed by atoms with Crippen LogP contribution in [-0.2, 0) is 9.53 Å². The van der Waals surface area contributed by atoms with Crippen LogP contribution in [0.5, 0.6) is 0 Å². The standard InChI is InChI=1S/C18H28N2O4/c1-8-14(21)20(10(3)4)13(7)17(22)15-11(5)16(19-12(15)6)18(23)24-9-2/h10,13,19H,8-9H2,1-7H3. The maximum atomic E-state index is 13.0. The summed E-state index contributed by atoms with van der Waals surface area (Å²) in [6.07, 6.45) is 0.342. The highest BCUT2D eigenvalue weighted by Gasteiger charge is 2.31. The summed E-state index contributed by atoms with van der Waals surface area (Å²) in [4.78, 5) is 41.7. The summed E-state index contributed by atoms with van der Waals surface area (Å²) in [5.74, 6) is -0.718. The number of ether oxygens (including phenoxy) is 1. The fraction of sp³-hybridized carbons (Fsp3) is 0.611. The molecule has 24 heavy (non-hydrogen) atoms. The summed E-state index contributed by atoms with van der Waals surface area (Å²) in [6.45, 7) is 12.7. The number of carbonyl (C=O) groups is 3. The van der Waals surface area contributed by atoms with Gasteiger partial charge in [0.2, 0.25) is 5.91 Å². The third kappa shape index (κ3) is 3.86. The summed E-state index contributed by atoms with van der Waals surface area (Å²) in [7, 11) is 0. The van der Waals surface area contributed by atoms with Crippen LogP contribution in [0.3, 0.4) is 0 Å². The van der Waals surface area contributed by atoms with E-state index < -0.39 is 12.0 Å². The van der Waals surface area contributed by atoms with Crippen LogP contribution in [0.1, 0.15) is 73.1 Å². The molecule has 1 aromatic heterocycles. The fourth-order valence-corrected chi connectivity index (χ4v) is 3.00. The van der Waals surface area contributed by atoms with Gasteiger partial charge in [-0.2, -0.15) is 0 Å². The molecule has 0 fully saturated rings. The molecule has 0 aliphatic heterocycles. The number of rotatable bonds is 7. The van der Waals surface area contributed by atoms with E-state index in [9.17, 15) is 14.4 Å². The van der Waals surface area contributed by atoms with Crippen LogP contribution in [0.15, 0.2) is 0 Å². The molecule has 1 rings (SSSR count). The van der Waals surface area contributed by atoms with Crippen molar-refractivity contribution < 1.29 is 19.1 Å². The molecule has 0 saturated carbocycles. The largest absolute Gasteiger partial charge is 0.461 e. The molecule has 1 amide bonds. The molecular formula is C18H28N2O4. The van der Waals surface area contributed by atoms with Gasteiger partial charge in [-0.1, -0.05) is 6.92 Å². The summed E-state index contributed by atoms with van der Waals surface area (Å²) in [6, 6.07) is -0.679. The van der Waals surface area contributed by atoms with Crippen molar-refractivity contribution >= 4 is 17.7 Å². The van der Waals surface area contributed by atoms with Gasteiger partial charge in [-0.05, 0) is 47.1 Å².